The molecule has 1 aliphatic heterocycles. The van der Waals surface area contributed by atoms with Crippen LogP contribution < -0.4 is 4.90 Å². The van der Waals surface area contributed by atoms with Gasteiger partial charge in [0.2, 0.25) is 0 Å². The SMILES string of the molecule is O=C([C]1=[In][CH2]C=C1)N(Cc1ncccn1)c1cccnc1. The van der Waals surface area contributed by atoms with Crippen LogP contribution in [-0.4, -0.2) is 46.5 Å². The van der Waals surface area contributed by atoms with Gasteiger partial charge >= 0.3 is 134 Å². The molecule has 0 fully saturated rings. The van der Waals surface area contributed by atoms with E-state index in [9.17, 15) is 4.79 Å². The van der Waals surface area contributed by atoms with Crippen molar-refractivity contribution in [2.24, 2.45) is 0 Å². The Bertz CT molecular complexity index is 685. The Morgan fingerprint density at radius 2 is 2.10 bits per heavy atom. The van der Waals surface area contributed by atoms with Crippen LogP contribution in [-0.2, 0) is 11.3 Å². The summed E-state index contributed by atoms with van der Waals surface area (Å²) in [6.45, 7) is 0.366. The Balaban J connectivity index is 1.91. The molecule has 0 aliphatic carbocycles. The van der Waals surface area contributed by atoms with E-state index in [-0.39, 0.29) is 5.91 Å². The summed E-state index contributed by atoms with van der Waals surface area (Å²) >= 11 is -0.937. The number of aromatic nitrogens is 3. The zero-order valence-electron chi connectivity index (χ0n) is 11.4. The van der Waals surface area contributed by atoms with Crippen molar-refractivity contribution in [2.45, 2.75) is 10.7 Å². The molecule has 3 rings (SSSR count). The Hall–Kier alpha value is -1.82. The summed E-state index contributed by atoms with van der Waals surface area (Å²) < 4.78 is 2.12. The summed E-state index contributed by atoms with van der Waals surface area (Å²) in [6.07, 6.45) is 10.9. The van der Waals surface area contributed by atoms with Gasteiger partial charge in [-0.2, -0.15) is 0 Å². The van der Waals surface area contributed by atoms with Crippen molar-refractivity contribution in [1.82, 2.24) is 15.0 Å². The Kier molecular flexibility index (Phi) is 4.55. The Morgan fingerprint density at radius 3 is 2.76 bits per heavy atom. The van der Waals surface area contributed by atoms with Gasteiger partial charge in [0, 0.05) is 0 Å². The van der Waals surface area contributed by atoms with Gasteiger partial charge in [0.05, 0.1) is 0 Å². The van der Waals surface area contributed by atoms with Crippen LogP contribution in [0.15, 0.2) is 55.1 Å². The van der Waals surface area contributed by atoms with E-state index in [1.54, 1.807) is 35.8 Å². The molecule has 0 bridgehead atoms. The Morgan fingerprint density at radius 1 is 1.24 bits per heavy atom. The van der Waals surface area contributed by atoms with E-state index >= 15 is 0 Å². The molecule has 0 spiro atoms. The predicted molar refractivity (Wildman–Crippen MR) is 82.2 cm³/mol. The number of anilines is 1. The number of hydrogen-bond acceptors (Lipinski definition) is 4. The van der Waals surface area contributed by atoms with Gasteiger partial charge in [-0.3, -0.25) is 0 Å². The molecule has 0 N–H and O–H groups in total. The van der Waals surface area contributed by atoms with Gasteiger partial charge in [0.25, 0.3) is 0 Å². The van der Waals surface area contributed by atoms with E-state index in [1.165, 1.54) is 0 Å². The van der Waals surface area contributed by atoms with Gasteiger partial charge in [-0.15, -0.1) is 0 Å². The van der Waals surface area contributed by atoms with Crippen LogP contribution in [0.3, 0.4) is 0 Å². The molecule has 5 nitrogen and oxygen atoms in total. The minimum absolute atomic E-state index is 0.0744. The van der Waals surface area contributed by atoms with Crippen molar-refractivity contribution in [3.05, 3.63) is 61.0 Å². The standard InChI is InChI=1S/C15H13N4O.In/c1-2-3-7-15(20)19(13-6-4-8-16-11-13)12-14-17-9-5-10-18-14;/h2-6,8-11H,1,12H2;. The van der Waals surface area contributed by atoms with Gasteiger partial charge in [0.15, 0.2) is 0 Å². The number of carbonyl (C=O) groups is 1. The molecule has 6 heteroatoms. The number of nitrogens with zero attached hydrogens (tertiary/aromatic N) is 4. The molecule has 0 radical (unpaired) electrons. The predicted octanol–water partition coefficient (Wildman–Crippen LogP) is 1.27. The molecule has 0 unspecified atom stereocenters. The van der Waals surface area contributed by atoms with E-state index in [0.29, 0.717) is 12.4 Å². The molecule has 1 aliphatic rings. The third-order valence-electron chi connectivity index (χ3n) is 3.14. The first-order valence-corrected chi connectivity index (χ1v) is 10.7. The number of rotatable bonds is 4. The number of allylic oxidation sites excluding steroid dienone is 1. The average molecular weight is 380 g/mol. The summed E-state index contributed by atoms with van der Waals surface area (Å²) in [6, 6.07) is 5.49. The fourth-order valence-electron chi connectivity index (χ4n) is 2.12. The summed E-state index contributed by atoms with van der Waals surface area (Å²) in [4.78, 5) is 27.0. The van der Waals surface area contributed by atoms with Crippen molar-refractivity contribution in [3.63, 3.8) is 0 Å². The molecule has 0 aromatic carbocycles. The molecule has 0 saturated heterocycles. The number of pyridine rings is 1. The van der Waals surface area contributed by atoms with Crippen molar-refractivity contribution < 1.29 is 4.79 Å². The molecule has 102 valence electrons. The zero-order valence-corrected chi connectivity index (χ0v) is 14.7. The molecule has 2 aromatic heterocycles. The first-order chi connectivity index (χ1) is 10.3. The van der Waals surface area contributed by atoms with Crippen LogP contribution in [0.2, 0.25) is 4.18 Å². The summed E-state index contributed by atoms with van der Waals surface area (Å²) in [7, 11) is 0. The fourth-order valence-corrected chi connectivity index (χ4v) is 5.34. The zero-order chi connectivity index (χ0) is 14.5. The van der Waals surface area contributed by atoms with E-state index < -0.39 is 22.4 Å². The maximum atomic E-state index is 12.8. The second-order valence-electron chi connectivity index (χ2n) is 4.57. The van der Waals surface area contributed by atoms with Crippen molar-refractivity contribution >= 4 is 37.3 Å². The van der Waals surface area contributed by atoms with Gasteiger partial charge < -0.3 is 0 Å². The second-order valence-corrected chi connectivity index (χ2v) is 8.85. The van der Waals surface area contributed by atoms with E-state index in [1.807, 2.05) is 18.2 Å². The van der Waals surface area contributed by atoms with Gasteiger partial charge in [-0.1, -0.05) is 0 Å². The number of carbonyl (C=O) groups excluding carboxylic acids is 1. The van der Waals surface area contributed by atoms with Crippen LogP contribution in [0.5, 0.6) is 0 Å². The normalized spacial score (nSPS) is 12.7. The van der Waals surface area contributed by atoms with Crippen LogP contribution in [0.25, 0.3) is 0 Å². The molecule has 2 aromatic rings. The van der Waals surface area contributed by atoms with Gasteiger partial charge in [-0.25, -0.2) is 0 Å². The molecule has 1 amide bonds. The second kappa shape index (κ2) is 6.76. The summed E-state index contributed by atoms with van der Waals surface area (Å²) in [5.74, 6) is 0.704. The van der Waals surface area contributed by atoms with Crippen LogP contribution in [0.1, 0.15) is 5.82 Å². The number of hydrogen-bond donors (Lipinski definition) is 0. The van der Waals surface area contributed by atoms with E-state index in [2.05, 4.69) is 21.0 Å². The molecular formula is C15H13InN4O. The van der Waals surface area contributed by atoms with Crippen molar-refractivity contribution in [3.8, 4) is 0 Å². The van der Waals surface area contributed by atoms with Crippen molar-refractivity contribution in [2.75, 3.05) is 4.90 Å². The maximum absolute atomic E-state index is 12.8. The van der Waals surface area contributed by atoms with E-state index in [0.717, 1.165) is 13.1 Å². The molecule has 0 saturated carbocycles. The first kappa shape index (κ1) is 14.1. The third kappa shape index (κ3) is 3.44. The Labute approximate surface area is 133 Å². The molecule has 3 heterocycles. The van der Waals surface area contributed by atoms with Crippen LogP contribution >= 0.6 is 0 Å². The van der Waals surface area contributed by atoms with Gasteiger partial charge in [-0.05, 0) is 0 Å². The monoisotopic (exact) mass is 380 g/mol. The third-order valence-corrected chi connectivity index (χ3v) is 7.10. The van der Waals surface area contributed by atoms with E-state index in [4.69, 9.17) is 0 Å². The van der Waals surface area contributed by atoms with Gasteiger partial charge in [0.1, 0.15) is 0 Å². The quantitative estimate of drug-likeness (QED) is 0.802. The fraction of sp³-hybridized carbons (Fsp3) is 0.133. The first-order valence-electron chi connectivity index (χ1n) is 6.69. The minimum atomic E-state index is -0.937. The van der Waals surface area contributed by atoms with Crippen LogP contribution in [0, 0.1) is 0 Å². The van der Waals surface area contributed by atoms with Crippen LogP contribution in [0.4, 0.5) is 5.69 Å². The molecular weight excluding hydrogens is 367 g/mol. The number of amides is 1. The van der Waals surface area contributed by atoms with Crippen molar-refractivity contribution in [1.29, 1.82) is 0 Å². The summed E-state index contributed by atoms with van der Waals surface area (Å²) in [5, 5.41) is 0. The molecule has 0 atom stereocenters. The average Bonchev–Trinajstić information content (AvgIpc) is 3.08. The summed E-state index contributed by atoms with van der Waals surface area (Å²) in [5.41, 5.74) is 0.783. The molecule has 21 heavy (non-hydrogen) atoms. The topological polar surface area (TPSA) is 59.0 Å².